The first kappa shape index (κ1) is 14.1. The van der Waals surface area contributed by atoms with E-state index in [1.165, 1.54) is 13.2 Å². The molecule has 3 N–H and O–H groups in total. The minimum Gasteiger partial charge on any atom is -0.504 e. The highest BCUT2D eigenvalue weighted by molar-refractivity contribution is 5.87. The van der Waals surface area contributed by atoms with Crippen molar-refractivity contribution in [2.45, 2.75) is 6.54 Å². The van der Waals surface area contributed by atoms with Crippen LogP contribution in [0.5, 0.6) is 11.5 Å². The number of hydrogen-bond donors (Lipinski definition) is 3. The second-order valence-electron chi connectivity index (χ2n) is 4.79. The van der Waals surface area contributed by atoms with Crippen molar-refractivity contribution in [3.05, 3.63) is 30.4 Å². The Morgan fingerprint density at radius 2 is 2.45 bits per heavy atom. The molecule has 2 aromatic rings. The standard InChI is InChI=1S/C14H16N4O4/c1-21-14(20)17-9-4-11-13(12(19)5-9)22-3-2-18(11)7-10-6-15-8-16-10/h4-6,8,19H,2-3,7H2,1H3,(H,15,16)(H,17,20). The van der Waals surface area contributed by atoms with Crippen LogP contribution in [0.4, 0.5) is 16.2 Å². The second kappa shape index (κ2) is 5.84. The third-order valence-electron chi connectivity index (χ3n) is 3.34. The average molecular weight is 304 g/mol. The van der Waals surface area contributed by atoms with E-state index in [1.54, 1.807) is 12.4 Å². The Morgan fingerprint density at radius 1 is 1.59 bits per heavy atom. The summed E-state index contributed by atoms with van der Waals surface area (Å²) < 4.78 is 10.1. The van der Waals surface area contributed by atoms with E-state index in [2.05, 4.69) is 20.0 Å². The summed E-state index contributed by atoms with van der Waals surface area (Å²) in [5.41, 5.74) is 2.00. The van der Waals surface area contributed by atoms with E-state index in [1.807, 2.05) is 11.1 Å². The van der Waals surface area contributed by atoms with Gasteiger partial charge in [0.1, 0.15) is 6.61 Å². The van der Waals surface area contributed by atoms with Crippen molar-refractivity contribution in [2.75, 3.05) is 30.5 Å². The highest BCUT2D eigenvalue weighted by Crippen LogP contribution is 2.42. The molecule has 1 aromatic heterocycles. The summed E-state index contributed by atoms with van der Waals surface area (Å²) in [5, 5.41) is 12.6. The number of anilines is 2. The van der Waals surface area contributed by atoms with Gasteiger partial charge in [0.25, 0.3) is 0 Å². The Labute approximate surface area is 126 Å². The van der Waals surface area contributed by atoms with Gasteiger partial charge in [-0.15, -0.1) is 0 Å². The summed E-state index contributed by atoms with van der Waals surface area (Å²) in [5.74, 6) is 0.368. The summed E-state index contributed by atoms with van der Waals surface area (Å²) in [4.78, 5) is 20.5. The quantitative estimate of drug-likeness (QED) is 0.798. The predicted octanol–water partition coefficient (Wildman–Crippen LogP) is 1.69. The van der Waals surface area contributed by atoms with Crippen LogP contribution in [0.1, 0.15) is 5.69 Å². The van der Waals surface area contributed by atoms with Gasteiger partial charge >= 0.3 is 6.09 Å². The van der Waals surface area contributed by atoms with Gasteiger partial charge in [0.15, 0.2) is 11.5 Å². The molecule has 3 rings (SSSR count). The number of H-pyrrole nitrogens is 1. The number of nitrogens with zero attached hydrogens (tertiary/aromatic N) is 2. The number of nitrogens with one attached hydrogen (secondary N) is 2. The van der Waals surface area contributed by atoms with Gasteiger partial charge in [-0.25, -0.2) is 9.78 Å². The van der Waals surface area contributed by atoms with Crippen molar-refractivity contribution in [2.24, 2.45) is 0 Å². The van der Waals surface area contributed by atoms with E-state index in [0.29, 0.717) is 36.8 Å². The molecule has 22 heavy (non-hydrogen) atoms. The van der Waals surface area contributed by atoms with Crippen molar-refractivity contribution < 1.29 is 19.4 Å². The molecular formula is C14H16N4O4. The molecule has 0 atom stereocenters. The number of ether oxygens (including phenoxy) is 2. The lowest BCUT2D eigenvalue weighted by molar-refractivity contribution is 0.187. The van der Waals surface area contributed by atoms with E-state index < -0.39 is 6.09 Å². The topological polar surface area (TPSA) is 99.7 Å². The maximum absolute atomic E-state index is 11.3. The molecule has 8 nitrogen and oxygen atoms in total. The Kier molecular flexibility index (Phi) is 3.73. The summed E-state index contributed by atoms with van der Waals surface area (Å²) in [6.45, 7) is 1.69. The number of aromatic nitrogens is 2. The van der Waals surface area contributed by atoms with E-state index >= 15 is 0 Å². The fraction of sp³-hybridized carbons (Fsp3) is 0.286. The number of amides is 1. The van der Waals surface area contributed by atoms with Gasteiger partial charge in [-0.1, -0.05) is 0 Å². The zero-order valence-electron chi connectivity index (χ0n) is 12.0. The molecule has 1 aliphatic heterocycles. The third kappa shape index (κ3) is 2.76. The Bertz CT molecular complexity index is 672. The number of rotatable bonds is 3. The largest absolute Gasteiger partial charge is 0.504 e. The molecule has 0 radical (unpaired) electrons. The third-order valence-corrected chi connectivity index (χ3v) is 3.34. The highest BCUT2D eigenvalue weighted by Gasteiger charge is 2.23. The molecule has 0 unspecified atom stereocenters. The molecule has 0 bridgehead atoms. The molecule has 0 aliphatic carbocycles. The molecule has 1 amide bonds. The van der Waals surface area contributed by atoms with Crippen molar-refractivity contribution in [3.63, 3.8) is 0 Å². The minimum atomic E-state index is -0.602. The number of imidazole rings is 1. The average Bonchev–Trinajstić information content (AvgIpc) is 3.01. The number of carbonyl (C=O) groups is 1. The van der Waals surface area contributed by atoms with Crippen LogP contribution in [0, 0.1) is 0 Å². The van der Waals surface area contributed by atoms with Crippen LogP contribution in [0.2, 0.25) is 0 Å². The molecule has 0 fully saturated rings. The number of aromatic amines is 1. The van der Waals surface area contributed by atoms with E-state index in [9.17, 15) is 9.90 Å². The number of aromatic hydroxyl groups is 1. The summed E-state index contributed by atoms with van der Waals surface area (Å²) in [7, 11) is 1.28. The fourth-order valence-electron chi connectivity index (χ4n) is 2.34. The van der Waals surface area contributed by atoms with Crippen molar-refractivity contribution in [3.8, 4) is 11.5 Å². The van der Waals surface area contributed by atoms with Crippen LogP contribution in [-0.2, 0) is 11.3 Å². The molecule has 1 aromatic carbocycles. The number of phenols is 1. The Balaban J connectivity index is 1.91. The number of carbonyl (C=O) groups excluding carboxylic acids is 1. The number of fused-ring (bicyclic) bond motifs is 1. The molecule has 0 saturated carbocycles. The first-order valence-corrected chi connectivity index (χ1v) is 6.75. The van der Waals surface area contributed by atoms with Crippen LogP contribution >= 0.6 is 0 Å². The number of methoxy groups -OCH3 is 1. The zero-order chi connectivity index (χ0) is 15.5. The molecular weight excluding hydrogens is 288 g/mol. The number of phenolic OH excluding ortho intramolecular Hbond substituents is 1. The van der Waals surface area contributed by atoms with E-state index in [-0.39, 0.29) is 5.75 Å². The van der Waals surface area contributed by atoms with Crippen LogP contribution in [-0.4, -0.2) is 41.4 Å². The maximum atomic E-state index is 11.3. The molecule has 8 heteroatoms. The lowest BCUT2D eigenvalue weighted by Gasteiger charge is -2.31. The maximum Gasteiger partial charge on any atom is 0.411 e. The van der Waals surface area contributed by atoms with Crippen molar-refractivity contribution in [1.29, 1.82) is 0 Å². The van der Waals surface area contributed by atoms with Gasteiger partial charge in [0.05, 0.1) is 43.6 Å². The van der Waals surface area contributed by atoms with Gasteiger partial charge in [-0.05, 0) is 6.07 Å². The second-order valence-corrected chi connectivity index (χ2v) is 4.79. The van der Waals surface area contributed by atoms with Gasteiger partial charge in [0, 0.05) is 12.3 Å². The summed E-state index contributed by atoms with van der Waals surface area (Å²) in [6.07, 6.45) is 2.82. The zero-order valence-corrected chi connectivity index (χ0v) is 12.0. The van der Waals surface area contributed by atoms with Crippen molar-refractivity contribution >= 4 is 17.5 Å². The van der Waals surface area contributed by atoms with Crippen LogP contribution in [0.3, 0.4) is 0 Å². The fourth-order valence-corrected chi connectivity index (χ4v) is 2.34. The molecule has 0 saturated heterocycles. The molecule has 2 heterocycles. The first-order valence-electron chi connectivity index (χ1n) is 6.75. The monoisotopic (exact) mass is 304 g/mol. The van der Waals surface area contributed by atoms with Gasteiger partial charge in [0.2, 0.25) is 0 Å². The summed E-state index contributed by atoms with van der Waals surface area (Å²) in [6, 6.07) is 3.16. The highest BCUT2D eigenvalue weighted by atomic mass is 16.5. The SMILES string of the molecule is COC(=O)Nc1cc(O)c2c(c1)N(Cc1c[nH]cn1)CCO2. The predicted molar refractivity (Wildman–Crippen MR) is 79.3 cm³/mol. The first-order chi connectivity index (χ1) is 10.7. The lowest BCUT2D eigenvalue weighted by Crippen LogP contribution is -2.32. The minimum absolute atomic E-state index is 0.0318. The Hall–Kier alpha value is -2.90. The van der Waals surface area contributed by atoms with Gasteiger partial charge < -0.3 is 24.5 Å². The van der Waals surface area contributed by atoms with Crippen molar-refractivity contribution in [1.82, 2.24) is 9.97 Å². The summed E-state index contributed by atoms with van der Waals surface area (Å²) >= 11 is 0. The van der Waals surface area contributed by atoms with Crippen LogP contribution in [0.25, 0.3) is 0 Å². The normalized spacial score (nSPS) is 13.2. The van der Waals surface area contributed by atoms with E-state index in [0.717, 1.165) is 5.69 Å². The number of benzene rings is 1. The van der Waals surface area contributed by atoms with E-state index in [4.69, 9.17) is 4.74 Å². The van der Waals surface area contributed by atoms with Gasteiger partial charge in [-0.3, -0.25) is 5.32 Å². The van der Waals surface area contributed by atoms with Gasteiger partial charge in [-0.2, -0.15) is 0 Å². The lowest BCUT2D eigenvalue weighted by atomic mass is 10.2. The Morgan fingerprint density at radius 3 is 3.18 bits per heavy atom. The van der Waals surface area contributed by atoms with Crippen LogP contribution < -0.4 is 15.0 Å². The number of hydrogen-bond acceptors (Lipinski definition) is 6. The molecule has 1 aliphatic rings. The van der Waals surface area contributed by atoms with Crippen LogP contribution in [0.15, 0.2) is 24.7 Å². The molecule has 116 valence electrons. The smallest absolute Gasteiger partial charge is 0.411 e. The molecule has 0 spiro atoms.